The van der Waals surface area contributed by atoms with E-state index in [1.165, 1.54) is 0 Å². The Morgan fingerprint density at radius 3 is 2.56 bits per heavy atom. The Balaban J connectivity index is 1.95. The molecular weight excluding hydrogens is 312 g/mol. The highest BCUT2D eigenvalue weighted by atomic mass is 79.9. The van der Waals surface area contributed by atoms with Crippen molar-refractivity contribution in [2.75, 3.05) is 4.90 Å². The van der Waals surface area contributed by atoms with Crippen LogP contribution in [0.2, 0.25) is 0 Å². The van der Waals surface area contributed by atoms with Crippen molar-refractivity contribution in [2.24, 2.45) is 5.73 Å². The summed E-state index contributed by atoms with van der Waals surface area (Å²) in [6, 6.07) is 11.3. The largest absolute Gasteiger partial charge is 0.318 e. The van der Waals surface area contributed by atoms with Crippen molar-refractivity contribution in [3.63, 3.8) is 0 Å². The number of hydrogen-bond acceptors (Lipinski definition) is 3. The smallest absolute Gasteiger partial charge is 0.247 e. The fourth-order valence-electron chi connectivity index (χ4n) is 2.16. The molecule has 2 atom stereocenters. The number of carbonyl (C=O) groups excluding carboxylic acids is 1. The zero-order valence-electron chi connectivity index (χ0n) is 9.42. The highest BCUT2D eigenvalue weighted by Gasteiger charge is 2.47. The lowest BCUT2D eigenvalue weighted by molar-refractivity contribution is -0.126. The number of nitrogens with two attached hydrogens (primary N) is 1. The average molecular weight is 323 g/mol. The van der Waals surface area contributed by atoms with E-state index in [-0.39, 0.29) is 11.9 Å². The first-order valence-corrected chi connectivity index (χ1v) is 7.23. The molecule has 1 amide bonds. The van der Waals surface area contributed by atoms with Gasteiger partial charge in [-0.3, -0.25) is 4.79 Å². The zero-order valence-corrected chi connectivity index (χ0v) is 11.8. The summed E-state index contributed by atoms with van der Waals surface area (Å²) in [5.74, 6) is -0.0178. The first-order valence-electron chi connectivity index (χ1n) is 5.56. The summed E-state index contributed by atoms with van der Waals surface area (Å²) in [5.41, 5.74) is 6.81. The molecule has 1 aliphatic rings. The van der Waals surface area contributed by atoms with Crippen molar-refractivity contribution in [1.82, 2.24) is 0 Å². The van der Waals surface area contributed by atoms with Crippen LogP contribution in [-0.4, -0.2) is 11.9 Å². The van der Waals surface area contributed by atoms with Crippen LogP contribution in [-0.2, 0) is 4.79 Å². The molecule has 3 nitrogen and oxygen atoms in total. The quantitative estimate of drug-likeness (QED) is 0.864. The molecule has 0 saturated carbocycles. The van der Waals surface area contributed by atoms with Gasteiger partial charge in [-0.05, 0) is 35.7 Å². The van der Waals surface area contributed by atoms with Crippen LogP contribution in [0.5, 0.6) is 0 Å². The van der Waals surface area contributed by atoms with Crippen LogP contribution in [0.1, 0.15) is 10.9 Å². The Bertz CT molecular complexity index is 567. The molecule has 2 heterocycles. The van der Waals surface area contributed by atoms with Crippen LogP contribution in [0, 0.1) is 0 Å². The second-order valence-corrected chi connectivity index (χ2v) is 6.07. The summed E-state index contributed by atoms with van der Waals surface area (Å²) < 4.78 is 0.996. The van der Waals surface area contributed by atoms with E-state index in [9.17, 15) is 4.79 Å². The minimum absolute atomic E-state index is 0.0178. The number of amides is 1. The van der Waals surface area contributed by atoms with Gasteiger partial charge in [0.15, 0.2) is 0 Å². The van der Waals surface area contributed by atoms with Crippen LogP contribution in [0.3, 0.4) is 0 Å². The summed E-state index contributed by atoms with van der Waals surface area (Å²) >= 11 is 5.02. The molecule has 0 bridgehead atoms. The number of thiophene rings is 1. The van der Waals surface area contributed by atoms with Crippen molar-refractivity contribution in [2.45, 2.75) is 12.1 Å². The predicted molar refractivity (Wildman–Crippen MR) is 76.7 cm³/mol. The fraction of sp³-hybridized carbons (Fsp3) is 0.154. The molecule has 1 fully saturated rings. The monoisotopic (exact) mass is 322 g/mol. The molecule has 1 aromatic heterocycles. The van der Waals surface area contributed by atoms with Gasteiger partial charge in [-0.1, -0.05) is 22.0 Å². The highest BCUT2D eigenvalue weighted by molar-refractivity contribution is 9.10. The minimum Gasteiger partial charge on any atom is -0.318 e. The number of rotatable bonds is 2. The van der Waals surface area contributed by atoms with Gasteiger partial charge in [-0.15, -0.1) is 11.3 Å². The summed E-state index contributed by atoms with van der Waals surface area (Å²) in [6.45, 7) is 0. The molecule has 2 unspecified atom stereocenters. The number of carbonyl (C=O) groups is 1. The van der Waals surface area contributed by atoms with E-state index in [0.29, 0.717) is 0 Å². The molecule has 1 saturated heterocycles. The van der Waals surface area contributed by atoms with Crippen molar-refractivity contribution in [1.29, 1.82) is 0 Å². The Hall–Kier alpha value is -1.17. The third kappa shape index (κ3) is 1.79. The van der Waals surface area contributed by atoms with Gasteiger partial charge in [-0.2, -0.15) is 0 Å². The van der Waals surface area contributed by atoms with E-state index in [1.807, 2.05) is 41.8 Å². The zero-order chi connectivity index (χ0) is 12.7. The number of β-lactam (4-membered cyclic amide) rings is 1. The fourth-order valence-corrected chi connectivity index (χ4v) is 3.29. The van der Waals surface area contributed by atoms with Crippen molar-refractivity contribution < 1.29 is 4.79 Å². The van der Waals surface area contributed by atoms with Gasteiger partial charge in [0.2, 0.25) is 5.91 Å². The summed E-state index contributed by atoms with van der Waals surface area (Å²) in [7, 11) is 0. The molecule has 0 aliphatic carbocycles. The van der Waals surface area contributed by atoms with Gasteiger partial charge in [0, 0.05) is 15.0 Å². The van der Waals surface area contributed by atoms with Crippen LogP contribution in [0.4, 0.5) is 5.69 Å². The van der Waals surface area contributed by atoms with E-state index >= 15 is 0 Å². The van der Waals surface area contributed by atoms with Crippen LogP contribution >= 0.6 is 27.3 Å². The van der Waals surface area contributed by atoms with Crippen molar-refractivity contribution in [3.8, 4) is 0 Å². The number of benzene rings is 1. The number of nitrogens with zero attached hydrogens (tertiary/aromatic N) is 1. The maximum atomic E-state index is 11.9. The van der Waals surface area contributed by atoms with E-state index in [4.69, 9.17) is 5.73 Å². The molecule has 18 heavy (non-hydrogen) atoms. The van der Waals surface area contributed by atoms with Gasteiger partial charge in [-0.25, -0.2) is 0 Å². The maximum absolute atomic E-state index is 11.9. The van der Waals surface area contributed by atoms with E-state index in [0.717, 1.165) is 15.0 Å². The number of anilines is 1. The molecule has 2 aromatic rings. The molecule has 3 rings (SSSR count). The number of hydrogen-bond donors (Lipinski definition) is 1. The second kappa shape index (κ2) is 4.50. The lowest BCUT2D eigenvalue weighted by atomic mass is 9.93. The van der Waals surface area contributed by atoms with E-state index in [2.05, 4.69) is 15.9 Å². The van der Waals surface area contributed by atoms with Gasteiger partial charge in [0.25, 0.3) is 0 Å². The Morgan fingerprint density at radius 2 is 1.94 bits per heavy atom. The highest BCUT2D eigenvalue weighted by Crippen LogP contribution is 2.40. The molecule has 1 aromatic carbocycles. The Kier molecular flexibility index (Phi) is 2.97. The predicted octanol–water partition coefficient (Wildman–Crippen LogP) is 2.93. The maximum Gasteiger partial charge on any atom is 0.247 e. The van der Waals surface area contributed by atoms with Crippen LogP contribution < -0.4 is 10.6 Å². The van der Waals surface area contributed by atoms with Crippen LogP contribution in [0.25, 0.3) is 0 Å². The first-order chi connectivity index (χ1) is 8.68. The third-order valence-corrected chi connectivity index (χ3v) is 4.55. The SMILES string of the molecule is NC1C(=O)N(c2ccc(Br)cc2)C1c1cccs1. The molecular formula is C13H11BrN2OS. The summed E-state index contributed by atoms with van der Waals surface area (Å²) in [6.07, 6.45) is 0. The molecule has 1 aliphatic heterocycles. The third-order valence-electron chi connectivity index (χ3n) is 3.08. The molecule has 5 heteroatoms. The minimum atomic E-state index is -0.424. The Labute approximate surface area is 117 Å². The lowest BCUT2D eigenvalue weighted by Crippen LogP contribution is -2.63. The first kappa shape index (κ1) is 11.9. The number of halogens is 1. The standard InChI is InChI=1S/C13H11BrN2OS/c14-8-3-5-9(6-4-8)16-12(11(15)13(16)17)10-2-1-7-18-10/h1-7,11-12H,15H2. The van der Waals surface area contributed by atoms with E-state index < -0.39 is 6.04 Å². The molecule has 92 valence electrons. The van der Waals surface area contributed by atoms with Gasteiger partial charge in [0.1, 0.15) is 6.04 Å². The second-order valence-electron chi connectivity index (χ2n) is 4.17. The van der Waals surface area contributed by atoms with Crippen molar-refractivity contribution in [3.05, 3.63) is 51.1 Å². The average Bonchev–Trinajstić information content (AvgIpc) is 2.89. The topological polar surface area (TPSA) is 46.3 Å². The Morgan fingerprint density at radius 1 is 1.22 bits per heavy atom. The van der Waals surface area contributed by atoms with Crippen molar-refractivity contribution >= 4 is 38.9 Å². The lowest BCUT2D eigenvalue weighted by Gasteiger charge is -2.44. The van der Waals surface area contributed by atoms with E-state index in [1.54, 1.807) is 16.2 Å². The molecule has 0 spiro atoms. The van der Waals surface area contributed by atoms with Gasteiger partial charge in [0.05, 0.1) is 6.04 Å². The molecule has 2 N–H and O–H groups in total. The summed E-state index contributed by atoms with van der Waals surface area (Å²) in [4.78, 5) is 14.8. The van der Waals surface area contributed by atoms with Gasteiger partial charge < -0.3 is 10.6 Å². The van der Waals surface area contributed by atoms with Gasteiger partial charge >= 0.3 is 0 Å². The molecule has 0 radical (unpaired) electrons. The normalized spacial score (nSPS) is 23.0. The van der Waals surface area contributed by atoms with Crippen LogP contribution in [0.15, 0.2) is 46.3 Å². The summed E-state index contributed by atoms with van der Waals surface area (Å²) in [5, 5.41) is 2.00.